The van der Waals surface area contributed by atoms with Gasteiger partial charge >= 0.3 is 7.12 Å². The molecule has 1 fully saturated rings. The molecule has 4 aliphatic rings. The molecule has 4 unspecified atom stereocenters. The molecule has 1 saturated heterocycles. The van der Waals surface area contributed by atoms with Gasteiger partial charge in [-0.15, -0.1) is 0 Å². The third-order valence-corrected chi connectivity index (χ3v) is 8.72. The Balaban J connectivity index is 1.42. The maximum atomic E-state index is 14.0. The molecular formula is C32H28BNO8. The van der Waals surface area contributed by atoms with E-state index in [0.29, 0.717) is 22.3 Å². The molecule has 2 aromatic carbocycles. The quantitative estimate of drug-likeness (QED) is 0.217. The van der Waals surface area contributed by atoms with E-state index >= 15 is 0 Å². The van der Waals surface area contributed by atoms with Gasteiger partial charge in [-0.2, -0.15) is 0 Å². The van der Waals surface area contributed by atoms with Gasteiger partial charge in [0.1, 0.15) is 0 Å². The molecule has 2 aromatic rings. The van der Waals surface area contributed by atoms with E-state index in [2.05, 4.69) is 0 Å². The van der Waals surface area contributed by atoms with Gasteiger partial charge in [-0.05, 0) is 67.1 Å². The lowest BCUT2D eigenvalue weighted by atomic mass is 9.60. The number of Topliss-reactive ketones (excluding diaryl/α,β-unsaturated/α-hetero) is 1. The number of nitrogens with zero attached hydrogens (tertiary/aromatic N) is 1. The molecule has 3 aliphatic carbocycles. The van der Waals surface area contributed by atoms with Crippen LogP contribution in [0.3, 0.4) is 0 Å². The Labute approximate surface area is 242 Å². The Morgan fingerprint density at radius 2 is 1.81 bits per heavy atom. The molecule has 212 valence electrons. The number of benzene rings is 2. The number of methoxy groups -OCH3 is 1. The van der Waals surface area contributed by atoms with Crippen LogP contribution in [-0.4, -0.2) is 52.8 Å². The number of carbonyl (C=O) groups excluding carboxylic acids is 4. The van der Waals surface area contributed by atoms with Crippen LogP contribution in [0, 0.1) is 23.7 Å². The van der Waals surface area contributed by atoms with Crippen molar-refractivity contribution in [3.8, 4) is 11.5 Å². The van der Waals surface area contributed by atoms with Crippen molar-refractivity contribution in [2.45, 2.75) is 19.8 Å². The van der Waals surface area contributed by atoms with Crippen molar-refractivity contribution in [2.75, 3.05) is 12.0 Å². The summed E-state index contributed by atoms with van der Waals surface area (Å²) < 4.78 is 5.22. The zero-order valence-electron chi connectivity index (χ0n) is 23.0. The third kappa shape index (κ3) is 4.35. The van der Waals surface area contributed by atoms with E-state index in [9.17, 15) is 34.3 Å². The van der Waals surface area contributed by atoms with Crippen LogP contribution in [0.2, 0.25) is 0 Å². The molecule has 0 spiro atoms. The molecule has 1 heterocycles. The number of rotatable bonds is 5. The largest absolute Gasteiger partial charge is 0.504 e. The number of aromatic hydroxyl groups is 1. The zero-order valence-corrected chi connectivity index (χ0v) is 23.0. The molecule has 0 radical (unpaired) electrons. The third-order valence-electron chi connectivity index (χ3n) is 8.72. The molecule has 0 aromatic heterocycles. The number of allylic oxidation sites excluding steroid dienone is 7. The summed E-state index contributed by atoms with van der Waals surface area (Å²) in [5.41, 5.74) is 3.00. The van der Waals surface area contributed by atoms with E-state index in [0.717, 1.165) is 10.5 Å². The summed E-state index contributed by atoms with van der Waals surface area (Å²) in [5.74, 6) is -3.48. The second-order valence-corrected chi connectivity index (χ2v) is 11.0. The number of fused-ring (bicyclic) bond motifs is 3. The number of imide groups is 1. The first-order chi connectivity index (χ1) is 20.1. The monoisotopic (exact) mass is 565 g/mol. The van der Waals surface area contributed by atoms with Crippen molar-refractivity contribution in [3.63, 3.8) is 0 Å². The maximum Gasteiger partial charge on any atom is 0.488 e. The summed E-state index contributed by atoms with van der Waals surface area (Å²) in [5, 5.41) is 29.2. The van der Waals surface area contributed by atoms with Crippen LogP contribution in [-0.2, 0) is 19.2 Å². The molecule has 6 rings (SSSR count). The standard InChI is InChI=1S/C32H28BNO8/c1-16-12-26(36)28-21(8-6-17-7-11-25(35)27(13-17)42-2)20-9-10-22-29(23(20)15-24(28)30(16)37)32(39)34(31(22)38)19-5-3-4-18(14-19)33(40)41/h3-9,11-14,21-23,29,35,40-41H,10,15H2,1-2H3. The normalized spacial score (nSPS) is 25.3. The van der Waals surface area contributed by atoms with Gasteiger partial charge in [-0.3, -0.25) is 24.1 Å². The van der Waals surface area contributed by atoms with Crippen LogP contribution in [0.4, 0.5) is 5.69 Å². The smallest absolute Gasteiger partial charge is 0.488 e. The number of anilines is 1. The fourth-order valence-electron chi connectivity index (χ4n) is 6.74. The summed E-state index contributed by atoms with van der Waals surface area (Å²) in [6.07, 6.45) is 7.34. The summed E-state index contributed by atoms with van der Waals surface area (Å²) in [4.78, 5) is 55.4. The van der Waals surface area contributed by atoms with Gasteiger partial charge in [0.2, 0.25) is 11.8 Å². The zero-order chi connectivity index (χ0) is 29.9. The van der Waals surface area contributed by atoms with Crippen LogP contribution in [0.15, 0.2) is 83.0 Å². The van der Waals surface area contributed by atoms with Crippen LogP contribution in [0.5, 0.6) is 11.5 Å². The number of carbonyl (C=O) groups is 4. The molecule has 10 heteroatoms. The van der Waals surface area contributed by atoms with Crippen LogP contribution >= 0.6 is 0 Å². The van der Waals surface area contributed by atoms with E-state index in [1.165, 1.54) is 31.4 Å². The highest BCUT2D eigenvalue weighted by molar-refractivity contribution is 6.58. The second kappa shape index (κ2) is 10.4. The predicted octanol–water partition coefficient (Wildman–Crippen LogP) is 2.26. The van der Waals surface area contributed by atoms with Gasteiger partial charge in [0.25, 0.3) is 0 Å². The summed E-state index contributed by atoms with van der Waals surface area (Å²) >= 11 is 0. The van der Waals surface area contributed by atoms with Crippen molar-refractivity contribution in [1.29, 1.82) is 0 Å². The Kier molecular flexibility index (Phi) is 6.83. The molecule has 9 nitrogen and oxygen atoms in total. The first kappa shape index (κ1) is 27.6. The Morgan fingerprint density at radius 1 is 1.02 bits per heavy atom. The molecule has 2 amide bonds. The van der Waals surface area contributed by atoms with Crippen molar-refractivity contribution in [3.05, 3.63) is 88.5 Å². The average Bonchev–Trinajstić information content (AvgIpc) is 3.24. The van der Waals surface area contributed by atoms with E-state index in [-0.39, 0.29) is 53.0 Å². The van der Waals surface area contributed by atoms with Gasteiger partial charge < -0.3 is 19.9 Å². The number of phenols is 1. The second-order valence-electron chi connectivity index (χ2n) is 11.0. The molecule has 42 heavy (non-hydrogen) atoms. The molecule has 1 aliphatic heterocycles. The van der Waals surface area contributed by atoms with E-state index in [1.807, 2.05) is 12.2 Å². The summed E-state index contributed by atoms with van der Waals surface area (Å²) in [6.45, 7) is 1.60. The minimum Gasteiger partial charge on any atom is -0.504 e. The van der Waals surface area contributed by atoms with E-state index in [4.69, 9.17) is 4.74 Å². The van der Waals surface area contributed by atoms with E-state index < -0.39 is 36.7 Å². The number of hydrogen-bond acceptors (Lipinski definition) is 8. The number of ketones is 2. The van der Waals surface area contributed by atoms with Crippen molar-refractivity contribution >= 4 is 47.7 Å². The van der Waals surface area contributed by atoms with Crippen LogP contribution in [0.25, 0.3) is 6.08 Å². The van der Waals surface area contributed by atoms with Gasteiger partial charge in [-0.1, -0.05) is 42.0 Å². The minimum absolute atomic E-state index is 0.0138. The van der Waals surface area contributed by atoms with Crippen molar-refractivity contribution in [1.82, 2.24) is 0 Å². The number of amides is 2. The Morgan fingerprint density at radius 3 is 2.55 bits per heavy atom. The topological polar surface area (TPSA) is 141 Å². The van der Waals surface area contributed by atoms with Crippen LogP contribution < -0.4 is 15.1 Å². The number of ether oxygens (including phenoxy) is 1. The Hall–Kier alpha value is -4.54. The SMILES string of the molecule is COc1cc(C=CC2C3=CCC4C(=O)N(c5cccc(B(O)O)c5)C(=O)C4C3CC3=C2C(=O)C=C(C)C3=O)ccc1O. The predicted molar refractivity (Wildman–Crippen MR) is 155 cm³/mol. The highest BCUT2D eigenvalue weighted by Gasteiger charge is 2.56. The average molecular weight is 565 g/mol. The van der Waals surface area contributed by atoms with Crippen molar-refractivity contribution in [2.24, 2.45) is 23.7 Å². The van der Waals surface area contributed by atoms with Gasteiger partial charge in [0, 0.05) is 22.6 Å². The summed E-state index contributed by atoms with van der Waals surface area (Å²) in [7, 11) is -0.315. The van der Waals surface area contributed by atoms with Gasteiger partial charge in [0.15, 0.2) is 23.1 Å². The fourth-order valence-corrected chi connectivity index (χ4v) is 6.74. The lowest BCUT2D eigenvalue weighted by Gasteiger charge is -2.41. The maximum absolute atomic E-state index is 14.0. The lowest BCUT2D eigenvalue weighted by molar-refractivity contribution is -0.123. The minimum atomic E-state index is -1.76. The first-order valence-corrected chi connectivity index (χ1v) is 13.7. The van der Waals surface area contributed by atoms with Gasteiger partial charge in [0.05, 0.1) is 24.6 Å². The molecule has 4 atom stereocenters. The van der Waals surface area contributed by atoms with E-state index in [1.54, 1.807) is 37.3 Å². The highest BCUT2D eigenvalue weighted by Crippen LogP contribution is 2.53. The highest BCUT2D eigenvalue weighted by atomic mass is 16.5. The Bertz CT molecular complexity index is 1680. The summed E-state index contributed by atoms with van der Waals surface area (Å²) in [6, 6.07) is 10.9. The fraction of sp³-hybridized carbons (Fsp3) is 0.250. The lowest BCUT2D eigenvalue weighted by Crippen LogP contribution is -2.40. The van der Waals surface area contributed by atoms with Crippen LogP contribution in [0.1, 0.15) is 25.3 Å². The molecular weight excluding hydrogens is 537 g/mol. The first-order valence-electron chi connectivity index (χ1n) is 13.7. The molecule has 3 N–H and O–H groups in total. The van der Waals surface area contributed by atoms with Gasteiger partial charge in [-0.25, -0.2) is 0 Å². The van der Waals surface area contributed by atoms with Crippen molar-refractivity contribution < 1.29 is 39.1 Å². The molecule has 0 saturated carbocycles. The molecule has 0 bridgehead atoms. The number of phenolic OH excluding ortho intramolecular Hbond substituents is 1. The number of hydrogen-bond donors (Lipinski definition) is 3.